The Morgan fingerprint density at radius 3 is 2.85 bits per heavy atom. The van der Waals surface area contributed by atoms with Crippen LogP contribution in [0.3, 0.4) is 0 Å². The van der Waals surface area contributed by atoms with E-state index in [-0.39, 0.29) is 11.5 Å². The molecular formula is C20H21N5O. The van der Waals surface area contributed by atoms with Gasteiger partial charge in [0.25, 0.3) is 5.56 Å². The minimum Gasteiger partial charge on any atom is -0.306 e. The van der Waals surface area contributed by atoms with Crippen LogP contribution in [0.15, 0.2) is 59.9 Å². The van der Waals surface area contributed by atoms with E-state index in [1.54, 1.807) is 18.5 Å². The molecule has 1 fully saturated rings. The van der Waals surface area contributed by atoms with E-state index in [4.69, 9.17) is 4.98 Å². The lowest BCUT2D eigenvalue weighted by Gasteiger charge is -2.32. The number of hydrogen-bond acceptors (Lipinski definition) is 5. The number of nitrogens with one attached hydrogen (secondary N) is 1. The number of pyridine rings is 2. The van der Waals surface area contributed by atoms with Crippen LogP contribution < -0.4 is 5.56 Å². The van der Waals surface area contributed by atoms with E-state index in [9.17, 15) is 4.79 Å². The third-order valence-corrected chi connectivity index (χ3v) is 4.78. The number of rotatable bonds is 4. The number of aromatic amines is 1. The number of H-pyrrole nitrogens is 1. The molecule has 1 atom stereocenters. The van der Waals surface area contributed by atoms with Gasteiger partial charge in [0.05, 0.1) is 5.69 Å². The van der Waals surface area contributed by atoms with Gasteiger partial charge in [-0.1, -0.05) is 0 Å². The van der Waals surface area contributed by atoms with Gasteiger partial charge in [0.2, 0.25) is 0 Å². The predicted molar refractivity (Wildman–Crippen MR) is 99.6 cm³/mol. The Morgan fingerprint density at radius 2 is 2.04 bits per heavy atom. The molecule has 0 radical (unpaired) electrons. The Morgan fingerprint density at radius 1 is 1.15 bits per heavy atom. The molecule has 1 aliphatic heterocycles. The van der Waals surface area contributed by atoms with Crippen LogP contribution >= 0.6 is 0 Å². The average Bonchev–Trinajstić information content (AvgIpc) is 2.69. The summed E-state index contributed by atoms with van der Waals surface area (Å²) in [5.74, 6) is 0.857. The normalized spacial score (nSPS) is 17.9. The first-order valence-corrected chi connectivity index (χ1v) is 8.91. The number of aromatic nitrogens is 4. The quantitative estimate of drug-likeness (QED) is 0.785. The van der Waals surface area contributed by atoms with E-state index in [0.717, 1.165) is 43.7 Å². The first-order valence-electron chi connectivity index (χ1n) is 8.91. The molecular weight excluding hydrogens is 326 g/mol. The fourth-order valence-corrected chi connectivity index (χ4v) is 3.51. The van der Waals surface area contributed by atoms with Gasteiger partial charge in [0.15, 0.2) is 0 Å². The summed E-state index contributed by atoms with van der Waals surface area (Å²) in [5, 5.41) is 0. The van der Waals surface area contributed by atoms with Crippen molar-refractivity contribution >= 4 is 0 Å². The second-order valence-corrected chi connectivity index (χ2v) is 6.69. The summed E-state index contributed by atoms with van der Waals surface area (Å²) in [6.07, 6.45) is 9.24. The third-order valence-electron chi connectivity index (χ3n) is 4.78. The van der Waals surface area contributed by atoms with Crippen molar-refractivity contribution in [3.63, 3.8) is 0 Å². The second-order valence-electron chi connectivity index (χ2n) is 6.69. The molecule has 6 nitrogen and oxygen atoms in total. The van der Waals surface area contributed by atoms with Crippen molar-refractivity contribution in [3.8, 4) is 11.4 Å². The van der Waals surface area contributed by atoms with Gasteiger partial charge in [0.1, 0.15) is 5.82 Å². The molecule has 6 heteroatoms. The zero-order chi connectivity index (χ0) is 17.8. The van der Waals surface area contributed by atoms with Crippen LogP contribution in [0, 0.1) is 0 Å². The van der Waals surface area contributed by atoms with Crippen LogP contribution in [0.2, 0.25) is 0 Å². The van der Waals surface area contributed by atoms with Gasteiger partial charge in [0, 0.05) is 55.4 Å². The number of piperidine rings is 1. The van der Waals surface area contributed by atoms with E-state index in [0.29, 0.717) is 5.82 Å². The zero-order valence-corrected chi connectivity index (χ0v) is 14.5. The first kappa shape index (κ1) is 16.6. The summed E-state index contributed by atoms with van der Waals surface area (Å²) in [5.41, 5.74) is 2.85. The van der Waals surface area contributed by atoms with Crippen molar-refractivity contribution in [3.05, 3.63) is 76.7 Å². The molecule has 1 aliphatic rings. The summed E-state index contributed by atoms with van der Waals surface area (Å²) >= 11 is 0. The highest BCUT2D eigenvalue weighted by molar-refractivity contribution is 5.52. The zero-order valence-electron chi connectivity index (χ0n) is 14.5. The van der Waals surface area contributed by atoms with Gasteiger partial charge in [-0.3, -0.25) is 19.7 Å². The SMILES string of the molecule is O=c1cc(C2CCCN(Cc3ccncc3)C2)nc(-c2cccnc2)[nH]1. The summed E-state index contributed by atoms with van der Waals surface area (Å²) in [4.78, 5) is 30.3. The van der Waals surface area contributed by atoms with Gasteiger partial charge in [-0.25, -0.2) is 4.98 Å². The highest BCUT2D eigenvalue weighted by Crippen LogP contribution is 2.27. The molecule has 1 saturated heterocycles. The fraction of sp³-hybridized carbons (Fsp3) is 0.300. The molecule has 4 heterocycles. The first-order chi connectivity index (χ1) is 12.8. The van der Waals surface area contributed by atoms with E-state index in [1.165, 1.54) is 5.56 Å². The highest BCUT2D eigenvalue weighted by Gasteiger charge is 2.23. The van der Waals surface area contributed by atoms with Crippen molar-refractivity contribution in [2.24, 2.45) is 0 Å². The summed E-state index contributed by atoms with van der Waals surface area (Å²) in [6, 6.07) is 9.50. The highest BCUT2D eigenvalue weighted by atomic mass is 16.1. The van der Waals surface area contributed by atoms with Crippen molar-refractivity contribution in [1.82, 2.24) is 24.8 Å². The number of hydrogen-bond donors (Lipinski definition) is 1. The molecule has 0 amide bonds. The van der Waals surface area contributed by atoms with Crippen molar-refractivity contribution in [2.75, 3.05) is 13.1 Å². The summed E-state index contributed by atoms with van der Waals surface area (Å²) in [6.45, 7) is 2.88. The monoisotopic (exact) mass is 347 g/mol. The van der Waals surface area contributed by atoms with E-state index >= 15 is 0 Å². The van der Waals surface area contributed by atoms with Crippen LogP contribution in [0.1, 0.15) is 30.0 Å². The van der Waals surface area contributed by atoms with Crippen LogP contribution in [-0.2, 0) is 6.54 Å². The molecule has 1 unspecified atom stereocenters. The van der Waals surface area contributed by atoms with Crippen LogP contribution in [0.25, 0.3) is 11.4 Å². The standard InChI is InChI=1S/C20H21N5O/c26-19-11-18(23-20(24-19)16-3-1-7-22-12-16)17-4-2-10-25(14-17)13-15-5-8-21-9-6-15/h1,3,5-9,11-12,17H,2,4,10,13-14H2,(H,23,24,26). The lowest BCUT2D eigenvalue weighted by molar-refractivity contribution is 0.198. The molecule has 0 bridgehead atoms. The van der Waals surface area contributed by atoms with Gasteiger partial charge in [-0.15, -0.1) is 0 Å². The maximum atomic E-state index is 12.2. The van der Waals surface area contributed by atoms with E-state index in [1.807, 2.05) is 24.5 Å². The molecule has 0 saturated carbocycles. The molecule has 4 rings (SSSR count). The lowest BCUT2D eigenvalue weighted by Crippen LogP contribution is -2.34. The molecule has 26 heavy (non-hydrogen) atoms. The third kappa shape index (κ3) is 3.86. The fourth-order valence-electron chi connectivity index (χ4n) is 3.51. The molecule has 0 spiro atoms. The number of nitrogens with zero attached hydrogens (tertiary/aromatic N) is 4. The van der Waals surface area contributed by atoms with E-state index < -0.39 is 0 Å². The Bertz CT molecular complexity index is 910. The number of likely N-dealkylation sites (tertiary alicyclic amines) is 1. The lowest BCUT2D eigenvalue weighted by atomic mass is 9.94. The Kier molecular flexibility index (Phi) is 4.84. The molecule has 3 aromatic heterocycles. The average molecular weight is 347 g/mol. The predicted octanol–water partition coefficient (Wildman–Crippen LogP) is 2.61. The molecule has 1 N–H and O–H groups in total. The largest absolute Gasteiger partial charge is 0.306 e. The molecule has 3 aromatic rings. The van der Waals surface area contributed by atoms with Gasteiger partial charge < -0.3 is 4.98 Å². The maximum absolute atomic E-state index is 12.2. The van der Waals surface area contributed by atoms with E-state index in [2.05, 4.69) is 32.0 Å². The summed E-state index contributed by atoms with van der Waals surface area (Å²) < 4.78 is 0. The van der Waals surface area contributed by atoms with Crippen molar-refractivity contribution in [1.29, 1.82) is 0 Å². The van der Waals surface area contributed by atoms with Crippen molar-refractivity contribution in [2.45, 2.75) is 25.3 Å². The second kappa shape index (κ2) is 7.58. The minimum absolute atomic E-state index is 0.111. The van der Waals surface area contributed by atoms with Crippen LogP contribution in [0.4, 0.5) is 0 Å². The Balaban J connectivity index is 1.55. The Labute approximate surface area is 152 Å². The molecule has 0 aromatic carbocycles. The van der Waals surface area contributed by atoms with Crippen LogP contribution in [0.5, 0.6) is 0 Å². The topological polar surface area (TPSA) is 74.8 Å². The smallest absolute Gasteiger partial charge is 0.251 e. The van der Waals surface area contributed by atoms with Gasteiger partial charge in [-0.05, 0) is 49.2 Å². The molecule has 0 aliphatic carbocycles. The van der Waals surface area contributed by atoms with Crippen molar-refractivity contribution < 1.29 is 0 Å². The van der Waals surface area contributed by atoms with Gasteiger partial charge >= 0.3 is 0 Å². The van der Waals surface area contributed by atoms with Gasteiger partial charge in [-0.2, -0.15) is 0 Å². The Hall–Kier alpha value is -2.86. The summed E-state index contributed by atoms with van der Waals surface area (Å²) in [7, 11) is 0. The maximum Gasteiger partial charge on any atom is 0.251 e. The molecule has 132 valence electrons. The minimum atomic E-state index is -0.111. The van der Waals surface area contributed by atoms with Crippen LogP contribution in [-0.4, -0.2) is 37.9 Å².